The second-order valence-corrected chi connectivity index (χ2v) is 5.39. The quantitative estimate of drug-likeness (QED) is 0.712. The zero-order valence-electron chi connectivity index (χ0n) is 11.9. The fourth-order valence-corrected chi connectivity index (χ4v) is 2.26. The molecule has 0 aliphatic rings. The predicted octanol–water partition coefficient (Wildman–Crippen LogP) is 5.18. The molecule has 21 heavy (non-hydrogen) atoms. The number of nitrogens with one attached hydrogen (secondary N) is 1. The third-order valence-corrected chi connectivity index (χ3v) is 3.86. The van der Waals surface area contributed by atoms with E-state index in [0.29, 0.717) is 22.4 Å². The average Bonchev–Trinajstić information content (AvgIpc) is 2.52. The summed E-state index contributed by atoms with van der Waals surface area (Å²) in [6.07, 6.45) is 3.95. The van der Waals surface area contributed by atoms with Crippen LogP contribution in [0.2, 0.25) is 10.0 Å². The van der Waals surface area contributed by atoms with Crippen molar-refractivity contribution in [2.45, 2.75) is 26.4 Å². The molecule has 0 aliphatic carbocycles. The predicted molar refractivity (Wildman–Crippen MR) is 88.4 cm³/mol. The van der Waals surface area contributed by atoms with Gasteiger partial charge in [-0.1, -0.05) is 42.6 Å². The van der Waals surface area contributed by atoms with Crippen molar-refractivity contribution in [2.75, 3.05) is 11.9 Å². The molecule has 0 aliphatic heterocycles. The van der Waals surface area contributed by atoms with Crippen LogP contribution in [0, 0.1) is 0 Å². The maximum absolute atomic E-state index is 6.27. The van der Waals surface area contributed by atoms with Gasteiger partial charge in [-0.3, -0.25) is 4.98 Å². The average molecular weight is 325 g/mol. The molecule has 1 N–H and O–H groups in total. The summed E-state index contributed by atoms with van der Waals surface area (Å²) in [4.78, 5) is 4.20. The van der Waals surface area contributed by atoms with E-state index < -0.39 is 0 Å². The lowest BCUT2D eigenvalue weighted by molar-refractivity contribution is 0.301. The van der Waals surface area contributed by atoms with E-state index in [2.05, 4.69) is 17.2 Å². The lowest BCUT2D eigenvalue weighted by Gasteiger charge is -2.13. The Balaban J connectivity index is 2.02. The highest BCUT2D eigenvalue weighted by atomic mass is 35.5. The Morgan fingerprint density at radius 3 is 2.71 bits per heavy atom. The Labute approximate surface area is 135 Å². The highest BCUT2D eigenvalue weighted by Gasteiger charge is 2.11. The topological polar surface area (TPSA) is 34.1 Å². The van der Waals surface area contributed by atoms with Gasteiger partial charge in [0.15, 0.2) is 0 Å². The van der Waals surface area contributed by atoms with E-state index in [1.165, 1.54) is 0 Å². The molecule has 0 saturated carbocycles. The van der Waals surface area contributed by atoms with Crippen molar-refractivity contribution in [3.05, 3.63) is 52.3 Å². The summed E-state index contributed by atoms with van der Waals surface area (Å²) >= 11 is 12.5. The summed E-state index contributed by atoms with van der Waals surface area (Å²) in [5.74, 6) is 0.563. The van der Waals surface area contributed by atoms with Gasteiger partial charge in [-0.05, 0) is 30.7 Å². The summed E-state index contributed by atoms with van der Waals surface area (Å²) in [6, 6.07) is 9.39. The van der Waals surface area contributed by atoms with Crippen LogP contribution in [0.15, 0.2) is 36.5 Å². The van der Waals surface area contributed by atoms with Crippen LogP contribution in [0.5, 0.6) is 5.75 Å². The molecule has 2 rings (SSSR count). The molecule has 2 aromatic rings. The van der Waals surface area contributed by atoms with E-state index >= 15 is 0 Å². The van der Waals surface area contributed by atoms with E-state index in [1.54, 1.807) is 6.20 Å². The van der Waals surface area contributed by atoms with Crippen molar-refractivity contribution in [1.82, 2.24) is 4.98 Å². The molecule has 3 nitrogen and oxygen atoms in total. The second-order valence-electron chi connectivity index (χ2n) is 4.63. The fourth-order valence-electron chi connectivity index (χ4n) is 1.81. The van der Waals surface area contributed by atoms with Gasteiger partial charge < -0.3 is 10.1 Å². The van der Waals surface area contributed by atoms with Gasteiger partial charge in [-0.2, -0.15) is 0 Å². The summed E-state index contributed by atoms with van der Waals surface area (Å²) in [5.41, 5.74) is 1.68. The van der Waals surface area contributed by atoms with Crippen molar-refractivity contribution < 1.29 is 4.74 Å². The summed E-state index contributed by atoms with van der Waals surface area (Å²) < 4.78 is 5.68. The molecule has 5 heteroatoms. The zero-order valence-corrected chi connectivity index (χ0v) is 13.4. The van der Waals surface area contributed by atoms with Gasteiger partial charge in [0.25, 0.3) is 0 Å². The first-order valence-corrected chi connectivity index (χ1v) is 7.72. The largest absolute Gasteiger partial charge is 0.486 e. The van der Waals surface area contributed by atoms with Crippen molar-refractivity contribution in [3.63, 3.8) is 0 Å². The van der Waals surface area contributed by atoms with Crippen LogP contribution < -0.4 is 10.1 Å². The van der Waals surface area contributed by atoms with Crippen LogP contribution in [0.1, 0.15) is 25.5 Å². The van der Waals surface area contributed by atoms with E-state index in [9.17, 15) is 0 Å². The molecule has 0 spiro atoms. The van der Waals surface area contributed by atoms with E-state index in [1.807, 2.05) is 30.3 Å². The number of anilines is 1. The number of benzene rings is 1. The van der Waals surface area contributed by atoms with Crippen LogP contribution in [0.3, 0.4) is 0 Å². The Bertz CT molecular complexity index is 576. The Morgan fingerprint density at radius 2 is 2.00 bits per heavy atom. The maximum Gasteiger partial charge on any atom is 0.140 e. The third kappa shape index (κ3) is 4.51. The Kier molecular flexibility index (Phi) is 6.15. The molecule has 0 bridgehead atoms. The van der Waals surface area contributed by atoms with Crippen LogP contribution in [-0.4, -0.2) is 11.5 Å². The summed E-state index contributed by atoms with van der Waals surface area (Å²) in [7, 11) is 0. The van der Waals surface area contributed by atoms with Gasteiger partial charge in [0.05, 0.1) is 16.4 Å². The summed E-state index contributed by atoms with van der Waals surface area (Å²) in [5, 5.41) is 4.19. The van der Waals surface area contributed by atoms with Crippen molar-refractivity contribution in [2.24, 2.45) is 0 Å². The molecule has 0 fully saturated rings. The number of hydrogen-bond donors (Lipinski definition) is 1. The third-order valence-electron chi connectivity index (χ3n) is 2.99. The normalized spacial score (nSPS) is 10.4. The van der Waals surface area contributed by atoms with Crippen LogP contribution in [-0.2, 0) is 6.61 Å². The number of halogens is 2. The smallest absolute Gasteiger partial charge is 0.140 e. The first kappa shape index (κ1) is 15.9. The Morgan fingerprint density at radius 1 is 1.14 bits per heavy atom. The molecule has 1 aromatic carbocycles. The van der Waals surface area contributed by atoms with E-state index in [-0.39, 0.29) is 0 Å². The number of nitrogens with zero attached hydrogens (tertiary/aromatic N) is 1. The molecular weight excluding hydrogens is 307 g/mol. The summed E-state index contributed by atoms with van der Waals surface area (Å²) in [6.45, 7) is 3.38. The second kappa shape index (κ2) is 8.11. The minimum Gasteiger partial charge on any atom is -0.486 e. The highest BCUT2D eigenvalue weighted by molar-refractivity contribution is 6.44. The number of ether oxygens (including phenoxy) is 1. The van der Waals surface area contributed by atoms with Gasteiger partial charge >= 0.3 is 0 Å². The molecule has 1 heterocycles. The highest BCUT2D eigenvalue weighted by Crippen LogP contribution is 2.37. The lowest BCUT2D eigenvalue weighted by Crippen LogP contribution is -2.03. The van der Waals surface area contributed by atoms with Crippen molar-refractivity contribution in [3.8, 4) is 5.75 Å². The molecule has 0 amide bonds. The van der Waals surface area contributed by atoms with E-state index in [0.717, 1.165) is 30.8 Å². The van der Waals surface area contributed by atoms with Gasteiger partial charge in [0.1, 0.15) is 17.4 Å². The number of aromatic nitrogens is 1. The van der Waals surface area contributed by atoms with Crippen LogP contribution in [0.25, 0.3) is 0 Å². The first-order chi connectivity index (χ1) is 10.2. The molecular formula is C16H18Cl2N2O. The number of unbranched alkanes of at least 4 members (excludes halogenated alkanes) is 1. The van der Waals surface area contributed by atoms with Gasteiger partial charge in [-0.25, -0.2) is 0 Å². The number of hydrogen-bond acceptors (Lipinski definition) is 3. The number of pyridine rings is 1. The standard InChI is InChI=1S/C16H18Cl2N2O/c1-2-3-9-20-13-7-8-14(16(18)15(13)17)21-11-12-6-4-5-10-19-12/h4-8,10,20H,2-3,9,11H2,1H3. The minimum absolute atomic E-state index is 0.361. The molecule has 0 saturated heterocycles. The molecule has 0 radical (unpaired) electrons. The lowest BCUT2D eigenvalue weighted by atomic mass is 10.2. The zero-order chi connectivity index (χ0) is 15.1. The van der Waals surface area contributed by atoms with Crippen molar-refractivity contribution in [1.29, 1.82) is 0 Å². The maximum atomic E-state index is 6.27. The SMILES string of the molecule is CCCCNc1ccc(OCc2ccccn2)c(Cl)c1Cl. The monoisotopic (exact) mass is 324 g/mol. The molecule has 0 unspecified atom stereocenters. The van der Waals surface area contributed by atoms with Gasteiger partial charge in [-0.15, -0.1) is 0 Å². The van der Waals surface area contributed by atoms with Crippen molar-refractivity contribution >= 4 is 28.9 Å². The minimum atomic E-state index is 0.361. The molecule has 112 valence electrons. The van der Waals surface area contributed by atoms with Crippen LogP contribution in [0.4, 0.5) is 5.69 Å². The molecule has 1 aromatic heterocycles. The van der Waals surface area contributed by atoms with Crippen LogP contribution >= 0.6 is 23.2 Å². The Hall–Kier alpha value is -1.45. The van der Waals surface area contributed by atoms with Gasteiger partial charge in [0, 0.05) is 12.7 Å². The fraction of sp³-hybridized carbons (Fsp3) is 0.312. The first-order valence-electron chi connectivity index (χ1n) is 6.97. The van der Waals surface area contributed by atoms with Gasteiger partial charge in [0.2, 0.25) is 0 Å². The van der Waals surface area contributed by atoms with E-state index in [4.69, 9.17) is 27.9 Å². The molecule has 0 atom stereocenters. The number of rotatable bonds is 7.